The Labute approximate surface area is 114 Å². The smallest absolute Gasteiger partial charge is 0.118 e. The third kappa shape index (κ3) is 2.61. The molecule has 2 aromatic rings. The molecule has 0 unspecified atom stereocenters. The molecule has 0 saturated heterocycles. The topological polar surface area (TPSA) is 44.0 Å². The summed E-state index contributed by atoms with van der Waals surface area (Å²) < 4.78 is 0. The van der Waals surface area contributed by atoms with Crippen molar-refractivity contribution >= 4 is 0 Å². The second-order valence-electron chi connectivity index (χ2n) is 4.53. The number of phenolic OH excluding ortho intramolecular Hbond substituents is 1. The highest BCUT2D eigenvalue weighted by atomic mass is 16.3. The Hall–Kier alpha value is -2.27. The van der Waals surface area contributed by atoms with Crippen molar-refractivity contribution in [1.82, 2.24) is 0 Å². The van der Waals surface area contributed by atoms with Gasteiger partial charge >= 0.3 is 0 Å². The van der Waals surface area contributed by atoms with Gasteiger partial charge in [-0.3, -0.25) is 0 Å². The fourth-order valence-electron chi connectivity index (χ4n) is 2.22. The maximum absolute atomic E-state index is 9.72. The predicted molar refractivity (Wildman–Crippen MR) is 77.0 cm³/mol. The van der Waals surface area contributed by atoms with E-state index < -0.39 is 0 Å². The van der Waals surface area contributed by atoms with Crippen molar-refractivity contribution in [2.45, 2.75) is 26.7 Å². The zero-order valence-electron chi connectivity index (χ0n) is 11.3. The molecule has 2 heteroatoms. The summed E-state index contributed by atoms with van der Waals surface area (Å²) in [5.74, 6) is 0.343. The quantitative estimate of drug-likeness (QED) is 0.894. The number of nitriles is 1. The van der Waals surface area contributed by atoms with Gasteiger partial charge in [-0.25, -0.2) is 0 Å². The minimum absolute atomic E-state index is 0.343. The van der Waals surface area contributed by atoms with Crippen LogP contribution in [0.25, 0.3) is 11.1 Å². The maximum atomic E-state index is 9.72. The van der Waals surface area contributed by atoms with E-state index >= 15 is 0 Å². The van der Waals surface area contributed by atoms with Crippen LogP contribution in [-0.4, -0.2) is 5.11 Å². The van der Waals surface area contributed by atoms with Crippen molar-refractivity contribution < 1.29 is 5.11 Å². The maximum Gasteiger partial charge on any atom is 0.118 e. The van der Waals surface area contributed by atoms with Gasteiger partial charge in [0.05, 0.1) is 11.6 Å². The molecule has 0 aliphatic heterocycles. The molecule has 2 aromatic carbocycles. The normalized spacial score (nSPS) is 10.2. The molecule has 96 valence electrons. The first-order chi connectivity index (χ1) is 9.19. The van der Waals surface area contributed by atoms with Crippen molar-refractivity contribution in [2.75, 3.05) is 0 Å². The second kappa shape index (κ2) is 5.58. The van der Waals surface area contributed by atoms with Crippen LogP contribution in [0.1, 0.15) is 30.5 Å². The Bertz CT molecular complexity index is 638. The van der Waals surface area contributed by atoms with E-state index in [1.807, 2.05) is 38.1 Å². The lowest BCUT2D eigenvalue weighted by Crippen LogP contribution is -1.90. The lowest BCUT2D eigenvalue weighted by Gasteiger charge is -2.09. The molecule has 0 atom stereocenters. The molecule has 19 heavy (non-hydrogen) atoms. The second-order valence-corrected chi connectivity index (χ2v) is 4.53. The minimum Gasteiger partial charge on any atom is -0.508 e. The molecule has 0 saturated carbocycles. The molecular formula is C17H17NO. The first kappa shape index (κ1) is 13.2. The Kier molecular flexibility index (Phi) is 3.87. The van der Waals surface area contributed by atoms with Crippen LogP contribution in [0, 0.1) is 11.3 Å². The van der Waals surface area contributed by atoms with Gasteiger partial charge in [0, 0.05) is 0 Å². The molecule has 1 N–H and O–H groups in total. The fraction of sp³-hybridized carbons (Fsp3) is 0.235. The summed E-state index contributed by atoms with van der Waals surface area (Å²) in [6.45, 7) is 4.07. The number of rotatable bonds is 3. The van der Waals surface area contributed by atoms with Gasteiger partial charge in [0.1, 0.15) is 5.75 Å². The number of nitrogens with zero attached hydrogens (tertiary/aromatic N) is 1. The van der Waals surface area contributed by atoms with Gasteiger partial charge in [0.15, 0.2) is 0 Å². The number of hydrogen-bond acceptors (Lipinski definition) is 2. The molecule has 0 fully saturated rings. The first-order valence-electron chi connectivity index (χ1n) is 6.54. The molecule has 0 heterocycles. The lowest BCUT2D eigenvalue weighted by molar-refractivity contribution is 0.469. The summed E-state index contributed by atoms with van der Waals surface area (Å²) in [5, 5.41) is 18.8. The standard InChI is InChI=1S/C17H17NO/c1-3-12-9-14(5-6-16(12)11-18)15-7-8-17(19)13(4-2)10-15/h5-10,19H,3-4H2,1-2H3. The van der Waals surface area contributed by atoms with E-state index in [-0.39, 0.29) is 0 Å². The summed E-state index contributed by atoms with van der Waals surface area (Å²) in [5.41, 5.74) is 4.91. The largest absolute Gasteiger partial charge is 0.508 e. The van der Waals surface area contributed by atoms with Crippen LogP contribution >= 0.6 is 0 Å². The molecule has 0 aliphatic carbocycles. The van der Waals surface area contributed by atoms with Gasteiger partial charge in [0.25, 0.3) is 0 Å². The minimum atomic E-state index is 0.343. The Morgan fingerprint density at radius 2 is 1.53 bits per heavy atom. The highest BCUT2D eigenvalue weighted by molar-refractivity contribution is 5.67. The zero-order valence-corrected chi connectivity index (χ0v) is 11.3. The highest BCUT2D eigenvalue weighted by Gasteiger charge is 2.06. The first-order valence-corrected chi connectivity index (χ1v) is 6.54. The molecule has 0 bridgehead atoms. The van der Waals surface area contributed by atoms with Crippen LogP contribution in [0.15, 0.2) is 36.4 Å². The van der Waals surface area contributed by atoms with E-state index in [4.69, 9.17) is 5.26 Å². The van der Waals surface area contributed by atoms with Gasteiger partial charge in [-0.1, -0.05) is 26.0 Å². The average molecular weight is 251 g/mol. The van der Waals surface area contributed by atoms with Gasteiger partial charge in [0.2, 0.25) is 0 Å². The summed E-state index contributed by atoms with van der Waals surface area (Å²) >= 11 is 0. The third-order valence-corrected chi connectivity index (χ3v) is 3.40. The van der Waals surface area contributed by atoms with E-state index in [0.717, 1.165) is 40.7 Å². The Balaban J connectivity index is 2.50. The van der Waals surface area contributed by atoms with Gasteiger partial charge in [-0.05, 0) is 59.4 Å². The average Bonchev–Trinajstić information content (AvgIpc) is 2.47. The summed E-state index contributed by atoms with van der Waals surface area (Å²) in [4.78, 5) is 0. The molecular weight excluding hydrogens is 234 g/mol. The van der Waals surface area contributed by atoms with Crippen LogP contribution in [0.3, 0.4) is 0 Å². The van der Waals surface area contributed by atoms with E-state index in [9.17, 15) is 5.11 Å². The predicted octanol–water partition coefficient (Wildman–Crippen LogP) is 4.06. The Morgan fingerprint density at radius 3 is 2.11 bits per heavy atom. The van der Waals surface area contributed by atoms with Crippen LogP contribution in [0.4, 0.5) is 0 Å². The number of aromatic hydroxyl groups is 1. The van der Waals surface area contributed by atoms with Crippen LogP contribution in [-0.2, 0) is 12.8 Å². The van der Waals surface area contributed by atoms with Crippen LogP contribution < -0.4 is 0 Å². The van der Waals surface area contributed by atoms with E-state index in [1.54, 1.807) is 6.07 Å². The third-order valence-electron chi connectivity index (χ3n) is 3.40. The number of aryl methyl sites for hydroxylation is 2. The summed E-state index contributed by atoms with van der Waals surface area (Å²) in [7, 11) is 0. The summed E-state index contributed by atoms with van der Waals surface area (Å²) in [6.07, 6.45) is 1.64. The van der Waals surface area contributed by atoms with Crippen molar-refractivity contribution in [3.63, 3.8) is 0 Å². The molecule has 2 rings (SSSR count). The number of benzene rings is 2. The van der Waals surface area contributed by atoms with E-state index in [0.29, 0.717) is 5.75 Å². The zero-order chi connectivity index (χ0) is 13.8. The van der Waals surface area contributed by atoms with E-state index in [1.165, 1.54) is 0 Å². The fourth-order valence-corrected chi connectivity index (χ4v) is 2.22. The summed E-state index contributed by atoms with van der Waals surface area (Å²) in [6, 6.07) is 13.8. The van der Waals surface area contributed by atoms with Crippen molar-refractivity contribution in [1.29, 1.82) is 5.26 Å². The molecule has 2 nitrogen and oxygen atoms in total. The molecule has 0 aromatic heterocycles. The lowest BCUT2D eigenvalue weighted by atomic mass is 9.96. The number of phenols is 1. The van der Waals surface area contributed by atoms with Crippen molar-refractivity contribution in [3.8, 4) is 22.9 Å². The molecule has 0 aliphatic rings. The number of hydrogen-bond donors (Lipinski definition) is 1. The van der Waals surface area contributed by atoms with Gasteiger partial charge in [-0.15, -0.1) is 0 Å². The van der Waals surface area contributed by atoms with Crippen molar-refractivity contribution in [2.24, 2.45) is 0 Å². The monoisotopic (exact) mass is 251 g/mol. The van der Waals surface area contributed by atoms with Crippen LogP contribution in [0.2, 0.25) is 0 Å². The van der Waals surface area contributed by atoms with Gasteiger partial charge in [-0.2, -0.15) is 5.26 Å². The molecule has 0 spiro atoms. The Morgan fingerprint density at radius 1 is 0.947 bits per heavy atom. The molecule has 0 amide bonds. The van der Waals surface area contributed by atoms with E-state index in [2.05, 4.69) is 12.1 Å². The van der Waals surface area contributed by atoms with Crippen LogP contribution in [0.5, 0.6) is 5.75 Å². The van der Waals surface area contributed by atoms with Gasteiger partial charge < -0.3 is 5.11 Å². The van der Waals surface area contributed by atoms with Crippen molar-refractivity contribution in [3.05, 3.63) is 53.1 Å². The SMILES string of the molecule is CCc1cc(-c2ccc(C#N)c(CC)c2)ccc1O. The highest BCUT2D eigenvalue weighted by Crippen LogP contribution is 2.27. The molecule has 0 radical (unpaired) electrons.